The summed E-state index contributed by atoms with van der Waals surface area (Å²) in [5.74, 6) is 0.823. The van der Waals surface area contributed by atoms with Gasteiger partial charge in [0.05, 0.1) is 17.9 Å². The van der Waals surface area contributed by atoms with E-state index < -0.39 is 0 Å². The molecule has 1 fully saturated rings. The Kier molecular flexibility index (Phi) is 5.21. The molecule has 0 aliphatic heterocycles. The number of nitrogens with one attached hydrogen (secondary N) is 1. The van der Waals surface area contributed by atoms with Gasteiger partial charge in [-0.1, -0.05) is 30.3 Å². The second-order valence-corrected chi connectivity index (χ2v) is 7.32. The lowest BCUT2D eigenvalue weighted by Crippen LogP contribution is -2.30. The SMILES string of the molecule is CN(CC(=O)Nc1cc(C2CC2)nn1-c1ccccc1)Cc1ccc(F)cc1. The second kappa shape index (κ2) is 7.94. The second-order valence-electron chi connectivity index (χ2n) is 7.32. The van der Waals surface area contributed by atoms with Crippen molar-refractivity contribution in [2.45, 2.75) is 25.3 Å². The summed E-state index contributed by atoms with van der Waals surface area (Å²) in [6.07, 6.45) is 2.30. The van der Waals surface area contributed by atoms with E-state index in [0.717, 1.165) is 29.8 Å². The van der Waals surface area contributed by atoms with Crippen molar-refractivity contribution >= 4 is 11.7 Å². The van der Waals surface area contributed by atoms with Crippen LogP contribution in [-0.2, 0) is 11.3 Å². The quantitative estimate of drug-likeness (QED) is 0.677. The standard InChI is InChI=1S/C22H23FN4O/c1-26(14-16-7-11-18(23)12-8-16)15-22(28)24-21-13-20(17-9-10-17)25-27(21)19-5-3-2-4-6-19/h2-8,11-13,17H,9-10,14-15H2,1H3,(H,24,28). The minimum absolute atomic E-state index is 0.107. The lowest BCUT2D eigenvalue weighted by atomic mass is 10.2. The van der Waals surface area contributed by atoms with Crippen LogP contribution in [0.15, 0.2) is 60.7 Å². The first-order chi connectivity index (χ1) is 13.6. The maximum Gasteiger partial charge on any atom is 0.239 e. The number of nitrogens with zero attached hydrogens (tertiary/aromatic N) is 3. The van der Waals surface area contributed by atoms with Crippen molar-refractivity contribution in [1.82, 2.24) is 14.7 Å². The molecule has 3 aromatic rings. The Morgan fingerprint density at radius 3 is 2.57 bits per heavy atom. The third-order valence-electron chi connectivity index (χ3n) is 4.77. The Morgan fingerprint density at radius 1 is 1.18 bits per heavy atom. The third kappa shape index (κ3) is 4.46. The Morgan fingerprint density at radius 2 is 1.89 bits per heavy atom. The molecule has 0 bridgehead atoms. The van der Waals surface area contributed by atoms with Crippen molar-refractivity contribution in [3.63, 3.8) is 0 Å². The van der Waals surface area contributed by atoms with E-state index in [9.17, 15) is 9.18 Å². The topological polar surface area (TPSA) is 50.2 Å². The zero-order chi connectivity index (χ0) is 19.5. The summed E-state index contributed by atoms with van der Waals surface area (Å²) in [7, 11) is 1.87. The normalized spacial score (nSPS) is 13.7. The maximum absolute atomic E-state index is 13.0. The van der Waals surface area contributed by atoms with Gasteiger partial charge < -0.3 is 5.32 Å². The largest absolute Gasteiger partial charge is 0.309 e. The van der Waals surface area contributed by atoms with Gasteiger partial charge in [-0.2, -0.15) is 5.10 Å². The summed E-state index contributed by atoms with van der Waals surface area (Å²) in [6, 6.07) is 18.1. The van der Waals surface area contributed by atoms with Crippen molar-refractivity contribution in [3.8, 4) is 5.69 Å². The van der Waals surface area contributed by atoms with Gasteiger partial charge in [-0.25, -0.2) is 9.07 Å². The van der Waals surface area contributed by atoms with Crippen LogP contribution in [0.5, 0.6) is 0 Å². The molecule has 1 N–H and O–H groups in total. The average molecular weight is 378 g/mol. The molecule has 6 heteroatoms. The summed E-state index contributed by atoms with van der Waals surface area (Å²) in [4.78, 5) is 14.5. The highest BCUT2D eigenvalue weighted by molar-refractivity contribution is 5.91. The molecule has 2 aromatic carbocycles. The van der Waals surface area contributed by atoms with Crippen LogP contribution in [0, 0.1) is 5.82 Å². The predicted octanol–water partition coefficient (Wildman–Crippen LogP) is 3.96. The third-order valence-corrected chi connectivity index (χ3v) is 4.77. The highest BCUT2D eigenvalue weighted by Gasteiger charge is 2.28. The number of amides is 1. The van der Waals surface area contributed by atoms with E-state index in [1.54, 1.807) is 16.8 Å². The Bertz CT molecular complexity index is 948. The van der Waals surface area contributed by atoms with Crippen molar-refractivity contribution in [3.05, 3.63) is 77.7 Å². The number of para-hydroxylation sites is 1. The number of aromatic nitrogens is 2. The van der Waals surface area contributed by atoms with Crippen LogP contribution in [0.4, 0.5) is 10.2 Å². The van der Waals surface area contributed by atoms with Gasteiger partial charge in [-0.3, -0.25) is 9.69 Å². The lowest BCUT2D eigenvalue weighted by Gasteiger charge is -2.16. The number of anilines is 1. The van der Waals surface area contributed by atoms with Gasteiger partial charge in [0.15, 0.2) is 0 Å². The number of carbonyl (C=O) groups is 1. The zero-order valence-corrected chi connectivity index (χ0v) is 15.8. The molecule has 1 saturated carbocycles. The maximum atomic E-state index is 13.0. The molecule has 144 valence electrons. The monoisotopic (exact) mass is 378 g/mol. The van der Waals surface area contributed by atoms with E-state index in [-0.39, 0.29) is 18.3 Å². The van der Waals surface area contributed by atoms with Gasteiger partial charge in [-0.15, -0.1) is 0 Å². The van der Waals surface area contributed by atoms with Crippen molar-refractivity contribution < 1.29 is 9.18 Å². The molecular weight excluding hydrogens is 355 g/mol. The van der Waals surface area contributed by atoms with Crippen LogP contribution in [0.1, 0.15) is 30.0 Å². The van der Waals surface area contributed by atoms with E-state index in [2.05, 4.69) is 5.32 Å². The van der Waals surface area contributed by atoms with Gasteiger partial charge >= 0.3 is 0 Å². The predicted molar refractivity (Wildman–Crippen MR) is 107 cm³/mol. The first kappa shape index (κ1) is 18.4. The molecule has 28 heavy (non-hydrogen) atoms. The fourth-order valence-corrected chi connectivity index (χ4v) is 3.22. The number of carbonyl (C=O) groups excluding carboxylic acids is 1. The highest BCUT2D eigenvalue weighted by Crippen LogP contribution is 2.40. The number of likely N-dealkylation sites (N-methyl/N-ethyl adjacent to an activating group) is 1. The minimum atomic E-state index is -0.259. The van der Waals surface area contributed by atoms with E-state index in [4.69, 9.17) is 5.10 Å². The summed E-state index contributed by atoms with van der Waals surface area (Å²) in [5, 5.41) is 7.70. The first-order valence-corrected chi connectivity index (χ1v) is 9.47. The van der Waals surface area contributed by atoms with Crippen LogP contribution >= 0.6 is 0 Å². The van der Waals surface area contributed by atoms with Crippen LogP contribution in [0.25, 0.3) is 5.69 Å². The van der Waals surface area contributed by atoms with E-state index in [0.29, 0.717) is 18.3 Å². The van der Waals surface area contributed by atoms with E-state index in [1.807, 2.05) is 48.3 Å². The van der Waals surface area contributed by atoms with Gasteiger partial charge in [0.25, 0.3) is 0 Å². The number of hydrogen-bond donors (Lipinski definition) is 1. The molecule has 0 radical (unpaired) electrons. The highest BCUT2D eigenvalue weighted by atomic mass is 19.1. The molecule has 0 atom stereocenters. The zero-order valence-electron chi connectivity index (χ0n) is 15.8. The summed E-state index contributed by atoms with van der Waals surface area (Å²) >= 11 is 0. The molecular formula is C22H23FN4O. The molecule has 0 spiro atoms. The molecule has 0 saturated heterocycles. The van der Waals surface area contributed by atoms with Gasteiger partial charge in [0.1, 0.15) is 11.6 Å². The van der Waals surface area contributed by atoms with Gasteiger partial charge in [0, 0.05) is 18.5 Å². The summed E-state index contributed by atoms with van der Waals surface area (Å²) in [5.41, 5.74) is 2.91. The molecule has 0 unspecified atom stereocenters. The number of hydrogen-bond acceptors (Lipinski definition) is 3. The van der Waals surface area contributed by atoms with Crippen molar-refractivity contribution in [2.24, 2.45) is 0 Å². The molecule has 5 nitrogen and oxygen atoms in total. The van der Waals surface area contributed by atoms with Gasteiger partial charge in [-0.05, 0) is 49.7 Å². The van der Waals surface area contributed by atoms with Gasteiger partial charge in [0.2, 0.25) is 5.91 Å². The van der Waals surface area contributed by atoms with Crippen LogP contribution in [0.2, 0.25) is 0 Å². The van der Waals surface area contributed by atoms with Crippen molar-refractivity contribution in [1.29, 1.82) is 0 Å². The minimum Gasteiger partial charge on any atom is -0.309 e. The van der Waals surface area contributed by atoms with Crippen LogP contribution < -0.4 is 5.32 Å². The first-order valence-electron chi connectivity index (χ1n) is 9.47. The Balaban J connectivity index is 1.44. The van der Waals surface area contributed by atoms with E-state index >= 15 is 0 Å². The fraction of sp³-hybridized carbons (Fsp3) is 0.273. The van der Waals surface area contributed by atoms with Crippen molar-refractivity contribution in [2.75, 3.05) is 18.9 Å². The van der Waals surface area contributed by atoms with Crippen LogP contribution in [-0.4, -0.2) is 34.2 Å². The molecule has 1 amide bonds. The van der Waals surface area contributed by atoms with Crippen LogP contribution in [0.3, 0.4) is 0 Å². The summed E-state index contributed by atoms with van der Waals surface area (Å²) in [6.45, 7) is 0.801. The molecule has 1 aliphatic carbocycles. The average Bonchev–Trinajstić information content (AvgIpc) is 3.45. The Hall–Kier alpha value is -2.99. The molecule has 1 aromatic heterocycles. The molecule has 4 rings (SSSR count). The smallest absolute Gasteiger partial charge is 0.239 e. The van der Waals surface area contributed by atoms with E-state index in [1.165, 1.54) is 12.1 Å². The lowest BCUT2D eigenvalue weighted by molar-refractivity contribution is -0.117. The number of benzene rings is 2. The summed E-state index contributed by atoms with van der Waals surface area (Å²) < 4.78 is 14.8. The molecule has 1 aliphatic rings. The Labute approximate surface area is 163 Å². The fourth-order valence-electron chi connectivity index (χ4n) is 3.22. The molecule has 1 heterocycles. The number of halogens is 1. The number of rotatable bonds is 7.